The van der Waals surface area contributed by atoms with Crippen LogP contribution in [0.25, 0.3) is 0 Å². The standard InChI is InChI=1S/C23H31N7O2/c1-17-4-2-3-9-30(17)21-8-7-20(25-26-21)27-10-12-28(13-11-27)23(32)15-29-16-24-19(14-22(29)31)18-5-6-18/h7-8,14,16-18H,2-6,9-13,15H2,1H3. The number of nitrogens with zero attached hydrogens (tertiary/aromatic N) is 7. The average molecular weight is 438 g/mol. The minimum atomic E-state index is -0.146. The van der Waals surface area contributed by atoms with Crippen molar-refractivity contribution < 1.29 is 4.79 Å². The molecule has 9 nitrogen and oxygen atoms in total. The van der Waals surface area contributed by atoms with Crippen LogP contribution in [0.15, 0.2) is 29.3 Å². The maximum atomic E-state index is 12.7. The number of aromatic nitrogens is 4. The van der Waals surface area contributed by atoms with Crippen LogP contribution in [0.4, 0.5) is 11.6 Å². The molecule has 0 bridgehead atoms. The van der Waals surface area contributed by atoms with Crippen molar-refractivity contribution in [2.75, 3.05) is 42.5 Å². The van der Waals surface area contributed by atoms with E-state index in [9.17, 15) is 9.59 Å². The molecule has 0 N–H and O–H groups in total. The van der Waals surface area contributed by atoms with Crippen LogP contribution in [0.2, 0.25) is 0 Å². The van der Waals surface area contributed by atoms with Gasteiger partial charge in [0.1, 0.15) is 6.54 Å². The number of amides is 1. The Labute approximate surface area is 188 Å². The van der Waals surface area contributed by atoms with E-state index in [0.29, 0.717) is 38.1 Å². The first-order chi connectivity index (χ1) is 15.6. The van der Waals surface area contributed by atoms with E-state index in [1.165, 1.54) is 30.2 Å². The van der Waals surface area contributed by atoms with Gasteiger partial charge in [0.15, 0.2) is 11.6 Å². The maximum Gasteiger partial charge on any atom is 0.254 e. The van der Waals surface area contributed by atoms with Crippen molar-refractivity contribution >= 4 is 17.5 Å². The number of carbonyl (C=O) groups excluding carboxylic acids is 1. The topological polar surface area (TPSA) is 87.5 Å². The number of hydrogen-bond acceptors (Lipinski definition) is 7. The minimum absolute atomic E-state index is 0.0410. The number of piperazine rings is 1. The summed E-state index contributed by atoms with van der Waals surface area (Å²) in [5.41, 5.74) is 0.710. The molecule has 3 fully saturated rings. The lowest BCUT2D eigenvalue weighted by Gasteiger charge is -2.36. The molecule has 1 saturated carbocycles. The normalized spacial score (nSPS) is 21.7. The predicted molar refractivity (Wildman–Crippen MR) is 122 cm³/mol. The van der Waals surface area contributed by atoms with Gasteiger partial charge in [0, 0.05) is 50.7 Å². The van der Waals surface area contributed by atoms with Crippen molar-refractivity contribution in [2.24, 2.45) is 0 Å². The molecule has 5 rings (SSSR count). The summed E-state index contributed by atoms with van der Waals surface area (Å²) in [6.07, 6.45) is 7.41. The highest BCUT2D eigenvalue weighted by molar-refractivity contribution is 5.76. The van der Waals surface area contributed by atoms with Gasteiger partial charge in [-0.25, -0.2) is 4.98 Å². The van der Waals surface area contributed by atoms with Crippen molar-refractivity contribution in [2.45, 2.75) is 57.5 Å². The second-order valence-corrected chi connectivity index (χ2v) is 9.21. The molecule has 9 heteroatoms. The van der Waals surface area contributed by atoms with E-state index in [-0.39, 0.29) is 18.0 Å². The van der Waals surface area contributed by atoms with Crippen LogP contribution in [0.5, 0.6) is 0 Å². The fourth-order valence-corrected chi connectivity index (χ4v) is 4.67. The first-order valence-corrected chi connectivity index (χ1v) is 11.8. The van der Waals surface area contributed by atoms with Crippen LogP contribution < -0.4 is 15.4 Å². The molecule has 1 atom stereocenters. The third-order valence-corrected chi connectivity index (χ3v) is 6.89. The van der Waals surface area contributed by atoms with Gasteiger partial charge in [-0.15, -0.1) is 10.2 Å². The summed E-state index contributed by atoms with van der Waals surface area (Å²) in [6.45, 7) is 5.94. The summed E-state index contributed by atoms with van der Waals surface area (Å²) >= 11 is 0. The Morgan fingerprint density at radius 2 is 1.75 bits per heavy atom. The average Bonchev–Trinajstić information content (AvgIpc) is 3.67. The van der Waals surface area contributed by atoms with Crippen LogP contribution in [-0.2, 0) is 11.3 Å². The maximum absolute atomic E-state index is 12.7. The van der Waals surface area contributed by atoms with E-state index in [2.05, 4.69) is 38.0 Å². The summed E-state index contributed by atoms with van der Waals surface area (Å²) in [5.74, 6) is 2.18. The molecule has 0 aromatic carbocycles. The molecule has 170 valence electrons. The molecule has 1 aliphatic carbocycles. The van der Waals surface area contributed by atoms with Crippen LogP contribution in [0, 0.1) is 0 Å². The zero-order valence-corrected chi connectivity index (χ0v) is 18.7. The van der Waals surface area contributed by atoms with Gasteiger partial charge in [0.25, 0.3) is 5.56 Å². The Morgan fingerprint density at radius 1 is 1.00 bits per heavy atom. The van der Waals surface area contributed by atoms with Crippen LogP contribution in [0.1, 0.15) is 50.6 Å². The van der Waals surface area contributed by atoms with Crippen molar-refractivity contribution in [1.29, 1.82) is 0 Å². The van der Waals surface area contributed by atoms with Gasteiger partial charge in [-0.2, -0.15) is 0 Å². The zero-order chi connectivity index (χ0) is 22.1. The highest BCUT2D eigenvalue weighted by Gasteiger charge is 2.27. The molecule has 1 unspecified atom stereocenters. The summed E-state index contributed by atoms with van der Waals surface area (Å²) in [7, 11) is 0. The van der Waals surface area contributed by atoms with Crippen molar-refractivity contribution in [1.82, 2.24) is 24.6 Å². The van der Waals surface area contributed by atoms with Crippen molar-refractivity contribution in [3.63, 3.8) is 0 Å². The van der Waals surface area contributed by atoms with E-state index in [1.807, 2.05) is 11.0 Å². The number of piperidine rings is 1. The predicted octanol–water partition coefficient (Wildman–Crippen LogP) is 1.64. The summed E-state index contributed by atoms with van der Waals surface area (Å²) < 4.78 is 1.41. The number of rotatable bonds is 5. The van der Waals surface area contributed by atoms with E-state index in [4.69, 9.17) is 0 Å². The van der Waals surface area contributed by atoms with Gasteiger partial charge >= 0.3 is 0 Å². The number of anilines is 2. The lowest BCUT2D eigenvalue weighted by molar-refractivity contribution is -0.132. The summed E-state index contributed by atoms with van der Waals surface area (Å²) in [4.78, 5) is 35.7. The van der Waals surface area contributed by atoms with Gasteiger partial charge in [-0.05, 0) is 51.2 Å². The molecule has 0 radical (unpaired) electrons. The smallest absolute Gasteiger partial charge is 0.254 e. The Kier molecular flexibility index (Phi) is 5.80. The van der Waals surface area contributed by atoms with Crippen LogP contribution >= 0.6 is 0 Å². The van der Waals surface area contributed by atoms with Gasteiger partial charge < -0.3 is 14.7 Å². The lowest BCUT2D eigenvalue weighted by atomic mass is 10.0. The van der Waals surface area contributed by atoms with E-state index in [1.54, 1.807) is 6.07 Å². The number of carbonyl (C=O) groups is 1. The van der Waals surface area contributed by atoms with Gasteiger partial charge in [0.2, 0.25) is 5.91 Å². The van der Waals surface area contributed by atoms with Gasteiger partial charge in [-0.1, -0.05) is 0 Å². The third-order valence-electron chi connectivity index (χ3n) is 6.89. The molecular formula is C23H31N7O2. The van der Waals surface area contributed by atoms with E-state index < -0.39 is 0 Å². The molecule has 32 heavy (non-hydrogen) atoms. The SMILES string of the molecule is CC1CCCCN1c1ccc(N2CCN(C(=O)Cn3cnc(C4CC4)cc3=O)CC2)nn1. The largest absolute Gasteiger partial charge is 0.352 e. The van der Waals surface area contributed by atoms with Gasteiger partial charge in [0.05, 0.1) is 12.0 Å². The Hall–Kier alpha value is -2.97. The monoisotopic (exact) mass is 437 g/mol. The lowest BCUT2D eigenvalue weighted by Crippen LogP contribution is -2.50. The summed E-state index contributed by atoms with van der Waals surface area (Å²) in [6, 6.07) is 6.18. The van der Waals surface area contributed by atoms with Gasteiger partial charge in [-0.3, -0.25) is 14.2 Å². The van der Waals surface area contributed by atoms with E-state index in [0.717, 1.165) is 36.7 Å². The van der Waals surface area contributed by atoms with Crippen LogP contribution in [-0.4, -0.2) is 69.3 Å². The molecule has 0 spiro atoms. The highest BCUT2D eigenvalue weighted by Crippen LogP contribution is 2.38. The molecule has 2 saturated heterocycles. The molecule has 3 aliphatic rings. The Morgan fingerprint density at radius 3 is 2.41 bits per heavy atom. The first kappa shape index (κ1) is 20.9. The second kappa shape index (κ2) is 8.88. The zero-order valence-electron chi connectivity index (χ0n) is 18.7. The highest BCUT2D eigenvalue weighted by atomic mass is 16.2. The fourth-order valence-electron chi connectivity index (χ4n) is 4.67. The van der Waals surface area contributed by atoms with Crippen LogP contribution in [0.3, 0.4) is 0 Å². The minimum Gasteiger partial charge on any atom is -0.352 e. The molecule has 4 heterocycles. The van der Waals surface area contributed by atoms with Crippen molar-refractivity contribution in [3.8, 4) is 0 Å². The van der Waals surface area contributed by atoms with Crippen molar-refractivity contribution in [3.05, 3.63) is 40.6 Å². The molecular weight excluding hydrogens is 406 g/mol. The molecule has 2 aliphatic heterocycles. The Balaban J connectivity index is 1.15. The summed E-state index contributed by atoms with van der Waals surface area (Å²) in [5, 5.41) is 8.95. The molecule has 2 aromatic rings. The quantitative estimate of drug-likeness (QED) is 0.703. The molecule has 2 aromatic heterocycles. The number of hydrogen-bond donors (Lipinski definition) is 0. The Bertz CT molecular complexity index is 1010. The third kappa shape index (κ3) is 4.47. The molecule has 1 amide bonds. The fraction of sp³-hybridized carbons (Fsp3) is 0.609. The second-order valence-electron chi connectivity index (χ2n) is 9.21. The first-order valence-electron chi connectivity index (χ1n) is 11.8. The van der Waals surface area contributed by atoms with E-state index >= 15 is 0 Å².